The standard InChI is InChI=1S/C9H12BrNO.ClH/c1-5-3-4-7(10)8(6(2)11)9(5)12;/h3-4,6,12H,11H2,1-2H3;1H/t6-;/m0./s1. The highest BCUT2D eigenvalue weighted by atomic mass is 79.9. The third kappa shape index (κ3) is 2.59. The predicted molar refractivity (Wildman–Crippen MR) is 60.4 cm³/mol. The van der Waals surface area contributed by atoms with Crippen molar-refractivity contribution in [2.75, 3.05) is 0 Å². The zero-order valence-corrected chi connectivity index (χ0v) is 9.95. The Labute approximate surface area is 92.7 Å². The molecule has 1 aromatic carbocycles. The maximum atomic E-state index is 9.64. The van der Waals surface area contributed by atoms with Gasteiger partial charge in [-0.05, 0) is 25.5 Å². The molecule has 0 aliphatic rings. The van der Waals surface area contributed by atoms with Crippen molar-refractivity contribution >= 4 is 28.3 Å². The molecule has 0 radical (unpaired) electrons. The third-order valence-electron chi connectivity index (χ3n) is 1.82. The van der Waals surface area contributed by atoms with Crippen LogP contribution < -0.4 is 5.73 Å². The summed E-state index contributed by atoms with van der Waals surface area (Å²) in [6.07, 6.45) is 0. The van der Waals surface area contributed by atoms with Crippen molar-refractivity contribution in [1.82, 2.24) is 0 Å². The van der Waals surface area contributed by atoms with E-state index in [-0.39, 0.29) is 18.4 Å². The van der Waals surface area contributed by atoms with Crippen LogP contribution in [0.3, 0.4) is 0 Å². The summed E-state index contributed by atoms with van der Waals surface area (Å²) in [5, 5.41) is 9.64. The zero-order valence-electron chi connectivity index (χ0n) is 7.54. The molecule has 0 amide bonds. The molecule has 0 bridgehead atoms. The van der Waals surface area contributed by atoms with Crippen LogP contribution in [0.2, 0.25) is 0 Å². The number of benzene rings is 1. The Bertz CT molecular complexity index is 302. The van der Waals surface area contributed by atoms with Crippen LogP contribution in [0.25, 0.3) is 0 Å². The van der Waals surface area contributed by atoms with Crippen molar-refractivity contribution in [3.8, 4) is 5.75 Å². The van der Waals surface area contributed by atoms with E-state index in [0.717, 1.165) is 15.6 Å². The minimum atomic E-state index is -0.153. The summed E-state index contributed by atoms with van der Waals surface area (Å²) < 4.78 is 0.862. The molecule has 0 aromatic heterocycles. The lowest BCUT2D eigenvalue weighted by atomic mass is 10.0. The average molecular weight is 267 g/mol. The molecular formula is C9H13BrClNO. The Hall–Kier alpha value is -0.250. The lowest BCUT2D eigenvalue weighted by molar-refractivity contribution is 0.459. The van der Waals surface area contributed by atoms with Gasteiger partial charge in [-0.15, -0.1) is 12.4 Å². The Balaban J connectivity index is 0.00000144. The topological polar surface area (TPSA) is 46.2 Å². The van der Waals surface area contributed by atoms with Gasteiger partial charge in [-0.1, -0.05) is 22.0 Å². The number of hydrogen-bond acceptors (Lipinski definition) is 2. The summed E-state index contributed by atoms with van der Waals surface area (Å²) in [7, 11) is 0. The van der Waals surface area contributed by atoms with Crippen molar-refractivity contribution in [2.45, 2.75) is 19.9 Å². The number of nitrogens with two attached hydrogens (primary N) is 1. The number of hydrogen-bond donors (Lipinski definition) is 2. The van der Waals surface area contributed by atoms with Gasteiger partial charge in [-0.25, -0.2) is 0 Å². The molecule has 74 valence electrons. The van der Waals surface area contributed by atoms with E-state index in [1.54, 1.807) is 0 Å². The van der Waals surface area contributed by atoms with Gasteiger partial charge in [0.05, 0.1) is 0 Å². The van der Waals surface area contributed by atoms with Gasteiger partial charge in [0.15, 0.2) is 0 Å². The van der Waals surface area contributed by atoms with Crippen LogP contribution in [-0.2, 0) is 0 Å². The van der Waals surface area contributed by atoms with Crippen LogP contribution in [0.5, 0.6) is 5.75 Å². The molecule has 0 unspecified atom stereocenters. The van der Waals surface area contributed by atoms with E-state index in [1.165, 1.54) is 0 Å². The molecule has 0 spiro atoms. The molecule has 4 heteroatoms. The molecule has 0 aliphatic heterocycles. The molecule has 3 N–H and O–H groups in total. The van der Waals surface area contributed by atoms with Gasteiger partial charge in [0.1, 0.15) is 5.75 Å². The van der Waals surface area contributed by atoms with Crippen molar-refractivity contribution in [2.24, 2.45) is 5.73 Å². The Morgan fingerprint density at radius 3 is 2.38 bits per heavy atom. The van der Waals surface area contributed by atoms with E-state index in [4.69, 9.17) is 5.73 Å². The van der Waals surface area contributed by atoms with Crippen LogP contribution in [0.15, 0.2) is 16.6 Å². The molecule has 13 heavy (non-hydrogen) atoms. The van der Waals surface area contributed by atoms with E-state index in [1.807, 2.05) is 26.0 Å². The number of aromatic hydroxyl groups is 1. The predicted octanol–water partition coefficient (Wildman–Crippen LogP) is 2.90. The van der Waals surface area contributed by atoms with Crippen molar-refractivity contribution < 1.29 is 5.11 Å². The quantitative estimate of drug-likeness (QED) is 0.821. The number of halogens is 2. The molecule has 0 saturated heterocycles. The first-order valence-electron chi connectivity index (χ1n) is 3.77. The monoisotopic (exact) mass is 265 g/mol. The third-order valence-corrected chi connectivity index (χ3v) is 2.51. The molecular weight excluding hydrogens is 253 g/mol. The average Bonchev–Trinajstić information content (AvgIpc) is 1.97. The van der Waals surface area contributed by atoms with Gasteiger partial charge in [0, 0.05) is 16.1 Å². The van der Waals surface area contributed by atoms with E-state index >= 15 is 0 Å². The highest BCUT2D eigenvalue weighted by molar-refractivity contribution is 9.10. The minimum Gasteiger partial charge on any atom is -0.507 e. The van der Waals surface area contributed by atoms with Gasteiger partial charge >= 0.3 is 0 Å². The SMILES string of the molecule is Cc1ccc(Br)c([C@H](C)N)c1O.Cl. The maximum Gasteiger partial charge on any atom is 0.124 e. The second-order valence-electron chi connectivity index (χ2n) is 2.92. The van der Waals surface area contributed by atoms with E-state index in [0.29, 0.717) is 5.75 Å². The van der Waals surface area contributed by atoms with Gasteiger partial charge in [-0.3, -0.25) is 0 Å². The Morgan fingerprint density at radius 2 is 2.00 bits per heavy atom. The van der Waals surface area contributed by atoms with Crippen molar-refractivity contribution in [3.63, 3.8) is 0 Å². The summed E-state index contributed by atoms with van der Waals surface area (Å²) in [5.41, 5.74) is 7.32. The van der Waals surface area contributed by atoms with Crippen LogP contribution >= 0.6 is 28.3 Å². The number of phenolic OH excluding ortho intramolecular Hbond substituents is 1. The summed E-state index contributed by atoms with van der Waals surface area (Å²) in [4.78, 5) is 0. The zero-order chi connectivity index (χ0) is 9.30. The van der Waals surface area contributed by atoms with Crippen LogP contribution in [-0.4, -0.2) is 5.11 Å². The molecule has 1 aromatic rings. The van der Waals surface area contributed by atoms with Crippen molar-refractivity contribution in [1.29, 1.82) is 0 Å². The molecule has 0 aliphatic carbocycles. The number of rotatable bonds is 1. The fraction of sp³-hybridized carbons (Fsp3) is 0.333. The van der Waals surface area contributed by atoms with Gasteiger partial charge in [0.25, 0.3) is 0 Å². The highest BCUT2D eigenvalue weighted by Gasteiger charge is 2.11. The normalized spacial score (nSPS) is 12.0. The van der Waals surface area contributed by atoms with Gasteiger partial charge < -0.3 is 10.8 Å². The second kappa shape index (κ2) is 4.84. The first-order chi connectivity index (χ1) is 5.54. The van der Waals surface area contributed by atoms with Crippen molar-refractivity contribution in [3.05, 3.63) is 27.7 Å². The fourth-order valence-corrected chi connectivity index (χ4v) is 1.81. The second-order valence-corrected chi connectivity index (χ2v) is 3.77. The van der Waals surface area contributed by atoms with E-state index in [9.17, 15) is 5.11 Å². The molecule has 0 fully saturated rings. The van der Waals surface area contributed by atoms with Gasteiger partial charge in [-0.2, -0.15) is 0 Å². The fourth-order valence-electron chi connectivity index (χ4n) is 1.13. The molecule has 1 rings (SSSR count). The highest BCUT2D eigenvalue weighted by Crippen LogP contribution is 2.32. The van der Waals surface area contributed by atoms with Gasteiger partial charge in [0.2, 0.25) is 0 Å². The largest absolute Gasteiger partial charge is 0.507 e. The molecule has 0 heterocycles. The molecule has 0 saturated carbocycles. The summed E-state index contributed by atoms with van der Waals surface area (Å²) in [6, 6.07) is 3.60. The first-order valence-corrected chi connectivity index (χ1v) is 4.57. The van der Waals surface area contributed by atoms with Crippen LogP contribution in [0, 0.1) is 6.92 Å². The number of aryl methyl sites for hydroxylation is 1. The van der Waals surface area contributed by atoms with Crippen LogP contribution in [0.1, 0.15) is 24.1 Å². The lowest BCUT2D eigenvalue weighted by Gasteiger charge is -2.12. The minimum absolute atomic E-state index is 0. The first kappa shape index (κ1) is 12.8. The maximum absolute atomic E-state index is 9.64. The van der Waals surface area contributed by atoms with E-state index < -0.39 is 0 Å². The smallest absolute Gasteiger partial charge is 0.124 e. The molecule has 2 nitrogen and oxygen atoms in total. The number of phenols is 1. The Morgan fingerprint density at radius 1 is 1.46 bits per heavy atom. The van der Waals surface area contributed by atoms with E-state index in [2.05, 4.69) is 15.9 Å². The molecule has 1 atom stereocenters. The summed E-state index contributed by atoms with van der Waals surface area (Å²) >= 11 is 3.34. The summed E-state index contributed by atoms with van der Waals surface area (Å²) in [5.74, 6) is 0.291. The summed E-state index contributed by atoms with van der Waals surface area (Å²) in [6.45, 7) is 3.70. The lowest BCUT2D eigenvalue weighted by Crippen LogP contribution is -2.06. The Kier molecular flexibility index (Phi) is 4.75. The van der Waals surface area contributed by atoms with Crippen LogP contribution in [0.4, 0.5) is 0 Å².